The third-order valence-corrected chi connectivity index (χ3v) is 3.17. The summed E-state index contributed by atoms with van der Waals surface area (Å²) in [6, 6.07) is 7.71. The number of nitrogens with one attached hydrogen (secondary N) is 1. The van der Waals surface area contributed by atoms with Crippen LogP contribution in [0.5, 0.6) is 0 Å². The van der Waals surface area contributed by atoms with E-state index in [1.807, 2.05) is 24.3 Å². The molecule has 3 nitrogen and oxygen atoms in total. The highest BCUT2D eigenvalue weighted by Gasteiger charge is 2.08. The topological polar surface area (TPSA) is 55.1 Å². The molecule has 1 aromatic rings. The van der Waals surface area contributed by atoms with Crippen molar-refractivity contribution in [3.63, 3.8) is 0 Å². The van der Waals surface area contributed by atoms with E-state index in [-0.39, 0.29) is 11.9 Å². The maximum atomic E-state index is 11.9. The Labute approximate surface area is 116 Å². The second kappa shape index (κ2) is 7.82. The van der Waals surface area contributed by atoms with Crippen molar-refractivity contribution in [1.82, 2.24) is 5.32 Å². The third kappa shape index (κ3) is 6.85. The van der Waals surface area contributed by atoms with Crippen molar-refractivity contribution in [3.05, 3.63) is 29.8 Å². The first-order valence-electron chi connectivity index (χ1n) is 7.11. The molecule has 106 valence electrons. The minimum atomic E-state index is 0.0850. The number of hydrogen-bond donors (Lipinski definition) is 2. The summed E-state index contributed by atoms with van der Waals surface area (Å²) in [5, 5.41) is 3.05. The van der Waals surface area contributed by atoms with Gasteiger partial charge in [-0.3, -0.25) is 4.79 Å². The number of carbonyl (C=O) groups is 1. The Hall–Kier alpha value is -1.51. The van der Waals surface area contributed by atoms with Gasteiger partial charge in [0, 0.05) is 11.7 Å². The van der Waals surface area contributed by atoms with Crippen LogP contribution in [-0.4, -0.2) is 11.9 Å². The van der Waals surface area contributed by atoms with E-state index in [1.54, 1.807) is 0 Å². The minimum Gasteiger partial charge on any atom is -0.399 e. The maximum absolute atomic E-state index is 11.9. The van der Waals surface area contributed by atoms with Crippen molar-refractivity contribution in [2.45, 2.75) is 52.5 Å². The fourth-order valence-electron chi connectivity index (χ4n) is 2.05. The molecule has 3 heteroatoms. The normalized spacial score (nSPS) is 12.4. The van der Waals surface area contributed by atoms with Crippen LogP contribution in [0.1, 0.15) is 45.6 Å². The Balaban J connectivity index is 2.28. The Bertz CT molecular complexity index is 384. The predicted octanol–water partition coefficient (Wildman–Crippen LogP) is 3.14. The maximum Gasteiger partial charge on any atom is 0.224 e. The van der Waals surface area contributed by atoms with Crippen molar-refractivity contribution in [1.29, 1.82) is 0 Å². The van der Waals surface area contributed by atoms with Gasteiger partial charge in [0.2, 0.25) is 5.91 Å². The predicted molar refractivity (Wildman–Crippen MR) is 80.9 cm³/mol. The monoisotopic (exact) mass is 262 g/mol. The van der Waals surface area contributed by atoms with Gasteiger partial charge in [-0.1, -0.05) is 38.8 Å². The average Bonchev–Trinajstić information content (AvgIpc) is 2.31. The number of hydrogen-bond acceptors (Lipinski definition) is 2. The third-order valence-electron chi connectivity index (χ3n) is 3.17. The van der Waals surface area contributed by atoms with Crippen LogP contribution >= 0.6 is 0 Å². The molecule has 0 aliphatic carbocycles. The molecule has 1 unspecified atom stereocenters. The molecular weight excluding hydrogens is 236 g/mol. The van der Waals surface area contributed by atoms with Crippen LogP contribution in [0.25, 0.3) is 0 Å². The van der Waals surface area contributed by atoms with Crippen LogP contribution in [0.15, 0.2) is 24.3 Å². The molecule has 0 aromatic heterocycles. The SMILES string of the molecule is CC(C)CCCC(C)NC(=O)Cc1ccc(N)cc1. The van der Waals surface area contributed by atoms with Gasteiger partial charge in [0.15, 0.2) is 0 Å². The van der Waals surface area contributed by atoms with Crippen LogP contribution in [0.2, 0.25) is 0 Å². The Morgan fingerprint density at radius 3 is 2.37 bits per heavy atom. The van der Waals surface area contributed by atoms with Crippen molar-refractivity contribution in [2.24, 2.45) is 5.92 Å². The van der Waals surface area contributed by atoms with E-state index in [2.05, 4.69) is 26.1 Å². The zero-order valence-electron chi connectivity index (χ0n) is 12.3. The van der Waals surface area contributed by atoms with Gasteiger partial charge in [0.1, 0.15) is 0 Å². The van der Waals surface area contributed by atoms with E-state index in [9.17, 15) is 4.79 Å². The first-order valence-corrected chi connectivity index (χ1v) is 7.11. The lowest BCUT2D eigenvalue weighted by Crippen LogP contribution is -2.33. The number of carbonyl (C=O) groups excluding carboxylic acids is 1. The van der Waals surface area contributed by atoms with E-state index in [0.717, 1.165) is 23.6 Å². The van der Waals surface area contributed by atoms with Crippen molar-refractivity contribution in [3.8, 4) is 0 Å². The second-order valence-corrected chi connectivity index (χ2v) is 5.71. The van der Waals surface area contributed by atoms with Crippen molar-refractivity contribution in [2.75, 3.05) is 5.73 Å². The minimum absolute atomic E-state index is 0.0850. The van der Waals surface area contributed by atoms with Crippen LogP contribution in [-0.2, 0) is 11.2 Å². The number of rotatable bonds is 7. The summed E-state index contributed by atoms with van der Waals surface area (Å²) in [6.07, 6.45) is 3.86. The van der Waals surface area contributed by atoms with E-state index < -0.39 is 0 Å². The molecule has 1 rings (SSSR count). The number of nitrogens with two attached hydrogens (primary N) is 1. The van der Waals surface area contributed by atoms with Gasteiger partial charge >= 0.3 is 0 Å². The lowest BCUT2D eigenvalue weighted by molar-refractivity contribution is -0.121. The fourth-order valence-corrected chi connectivity index (χ4v) is 2.05. The number of benzene rings is 1. The second-order valence-electron chi connectivity index (χ2n) is 5.71. The summed E-state index contributed by atoms with van der Waals surface area (Å²) in [6.45, 7) is 6.52. The summed E-state index contributed by atoms with van der Waals surface area (Å²) in [5.41, 5.74) is 7.35. The van der Waals surface area contributed by atoms with Crippen LogP contribution in [0.3, 0.4) is 0 Å². The largest absolute Gasteiger partial charge is 0.399 e. The molecule has 0 aliphatic rings. The molecule has 0 aliphatic heterocycles. The van der Waals surface area contributed by atoms with Gasteiger partial charge in [-0.15, -0.1) is 0 Å². The molecule has 1 atom stereocenters. The molecule has 0 saturated carbocycles. The molecule has 1 amide bonds. The first kappa shape index (κ1) is 15.5. The molecule has 0 bridgehead atoms. The van der Waals surface area contributed by atoms with Crippen molar-refractivity contribution >= 4 is 11.6 Å². The van der Waals surface area contributed by atoms with Gasteiger partial charge in [-0.2, -0.15) is 0 Å². The smallest absolute Gasteiger partial charge is 0.224 e. The highest BCUT2D eigenvalue weighted by atomic mass is 16.1. The highest BCUT2D eigenvalue weighted by molar-refractivity contribution is 5.78. The zero-order chi connectivity index (χ0) is 14.3. The molecule has 0 saturated heterocycles. The quantitative estimate of drug-likeness (QED) is 0.742. The van der Waals surface area contributed by atoms with E-state index in [1.165, 1.54) is 12.8 Å². The Morgan fingerprint density at radius 1 is 1.16 bits per heavy atom. The summed E-state index contributed by atoms with van der Waals surface area (Å²) in [4.78, 5) is 11.9. The van der Waals surface area contributed by atoms with Gasteiger partial charge in [-0.25, -0.2) is 0 Å². The van der Waals surface area contributed by atoms with Gasteiger partial charge in [0.05, 0.1) is 6.42 Å². The lowest BCUT2D eigenvalue weighted by Gasteiger charge is -2.14. The van der Waals surface area contributed by atoms with E-state index >= 15 is 0 Å². The molecule has 1 aromatic carbocycles. The summed E-state index contributed by atoms with van der Waals surface area (Å²) in [5.74, 6) is 0.819. The zero-order valence-corrected chi connectivity index (χ0v) is 12.3. The number of nitrogen functional groups attached to an aromatic ring is 1. The number of anilines is 1. The molecule has 19 heavy (non-hydrogen) atoms. The molecule has 0 fully saturated rings. The molecule has 3 N–H and O–H groups in total. The highest BCUT2D eigenvalue weighted by Crippen LogP contribution is 2.09. The first-order chi connectivity index (χ1) is 8.97. The van der Waals surface area contributed by atoms with E-state index in [0.29, 0.717) is 6.42 Å². The molecule has 0 radical (unpaired) electrons. The molecule has 0 spiro atoms. The summed E-state index contributed by atoms with van der Waals surface area (Å²) in [7, 11) is 0. The van der Waals surface area contributed by atoms with Gasteiger partial charge in [0.25, 0.3) is 0 Å². The Kier molecular flexibility index (Phi) is 6.40. The fraction of sp³-hybridized carbons (Fsp3) is 0.562. The average molecular weight is 262 g/mol. The van der Waals surface area contributed by atoms with Gasteiger partial charge in [-0.05, 0) is 37.0 Å². The van der Waals surface area contributed by atoms with Crippen LogP contribution in [0.4, 0.5) is 5.69 Å². The van der Waals surface area contributed by atoms with Crippen LogP contribution in [0, 0.1) is 5.92 Å². The Morgan fingerprint density at radius 2 is 1.79 bits per heavy atom. The van der Waals surface area contributed by atoms with Crippen LogP contribution < -0.4 is 11.1 Å². The van der Waals surface area contributed by atoms with Gasteiger partial charge < -0.3 is 11.1 Å². The summed E-state index contributed by atoms with van der Waals surface area (Å²) < 4.78 is 0. The lowest BCUT2D eigenvalue weighted by atomic mass is 10.0. The standard InChI is InChI=1S/C16H26N2O/c1-12(2)5-4-6-13(3)18-16(19)11-14-7-9-15(17)10-8-14/h7-10,12-13H,4-6,11,17H2,1-3H3,(H,18,19). The molecule has 0 heterocycles. The van der Waals surface area contributed by atoms with E-state index in [4.69, 9.17) is 5.73 Å². The summed E-state index contributed by atoms with van der Waals surface area (Å²) >= 11 is 0. The number of amides is 1. The van der Waals surface area contributed by atoms with Crippen molar-refractivity contribution < 1.29 is 4.79 Å². The molecular formula is C16H26N2O.